The van der Waals surface area contributed by atoms with Gasteiger partial charge in [0.2, 0.25) is 0 Å². The molecule has 0 radical (unpaired) electrons. The molecule has 1 amide bonds. The lowest BCUT2D eigenvalue weighted by molar-refractivity contribution is -0.123. The molecule has 0 saturated carbocycles. The molecule has 8 nitrogen and oxygen atoms in total. The smallest absolute Gasteiger partial charge is 0.338 e. The molecule has 0 aromatic heterocycles. The van der Waals surface area contributed by atoms with Crippen molar-refractivity contribution in [1.82, 2.24) is 20.0 Å². The molecule has 2 saturated heterocycles. The first-order valence-corrected chi connectivity index (χ1v) is 14.9. The summed E-state index contributed by atoms with van der Waals surface area (Å²) in [7, 11) is 0. The van der Waals surface area contributed by atoms with Gasteiger partial charge in [-0.05, 0) is 75.9 Å². The maximum Gasteiger partial charge on any atom is 0.338 e. The summed E-state index contributed by atoms with van der Waals surface area (Å²) in [6.45, 7) is 14.6. The van der Waals surface area contributed by atoms with Crippen molar-refractivity contribution in [3.8, 4) is 0 Å². The van der Waals surface area contributed by atoms with Crippen molar-refractivity contribution in [2.75, 3.05) is 50.7 Å². The lowest BCUT2D eigenvalue weighted by Gasteiger charge is -2.36. The molecule has 0 unspecified atom stereocenters. The Morgan fingerprint density at radius 3 is 2.41 bits per heavy atom. The summed E-state index contributed by atoms with van der Waals surface area (Å²) in [5, 5.41) is 4.59. The Bertz CT molecular complexity index is 1100. The van der Waals surface area contributed by atoms with Crippen molar-refractivity contribution in [3.05, 3.63) is 42.0 Å². The summed E-state index contributed by atoms with van der Waals surface area (Å²) in [5.41, 5.74) is 1.36. The number of nitrogens with one attached hydrogen (secondary N) is 1. The number of cyclic esters (lactones) is 1. The number of esters is 1. The van der Waals surface area contributed by atoms with Crippen LogP contribution in [0.25, 0.3) is 0 Å². The lowest BCUT2D eigenvalue weighted by Crippen LogP contribution is -2.51. The van der Waals surface area contributed by atoms with Crippen LogP contribution in [0.4, 0.5) is 5.69 Å². The third-order valence-electron chi connectivity index (χ3n) is 7.91. The first-order valence-electron chi connectivity index (χ1n) is 14.1. The first-order chi connectivity index (χ1) is 18.7. The van der Waals surface area contributed by atoms with Crippen LogP contribution in [0.3, 0.4) is 0 Å². The maximum atomic E-state index is 13.3. The fraction of sp³-hybridized carbons (Fsp3) is 0.586. The summed E-state index contributed by atoms with van der Waals surface area (Å²) in [5.74, 6) is -0.349. The highest BCUT2D eigenvalue weighted by molar-refractivity contribution is 7.80. The van der Waals surface area contributed by atoms with E-state index in [1.807, 2.05) is 26.0 Å². The van der Waals surface area contributed by atoms with Crippen LogP contribution < -0.4 is 10.2 Å². The second-order valence-corrected chi connectivity index (χ2v) is 11.7. The van der Waals surface area contributed by atoms with Gasteiger partial charge >= 0.3 is 5.97 Å². The number of fused-ring (bicyclic) bond motifs is 1. The predicted octanol–water partition coefficient (Wildman–Crippen LogP) is 4.09. The van der Waals surface area contributed by atoms with Gasteiger partial charge in [0, 0.05) is 44.8 Å². The molecule has 4 rings (SSSR count). The molecule has 10 heteroatoms. The Hall–Kier alpha value is -2.56. The largest absolute Gasteiger partial charge is 0.457 e. The number of thiocarbonyl (C=S) groups is 2. The normalized spacial score (nSPS) is 18.9. The van der Waals surface area contributed by atoms with E-state index in [4.69, 9.17) is 29.2 Å². The SMILES string of the molecule is C=CCNC(=S)N1CCN(CCCCCCCCN2C(=S)N(c3ccc4c(c3)COC4=O)C(=O)C2(C)C)CC1. The van der Waals surface area contributed by atoms with Crippen molar-refractivity contribution in [1.29, 1.82) is 0 Å². The van der Waals surface area contributed by atoms with Gasteiger partial charge in [-0.3, -0.25) is 14.6 Å². The Morgan fingerprint density at radius 1 is 1.05 bits per heavy atom. The van der Waals surface area contributed by atoms with Crippen LogP contribution in [-0.2, 0) is 16.1 Å². The number of ether oxygens (including phenoxy) is 1. The van der Waals surface area contributed by atoms with Crippen LogP contribution in [-0.4, -0.2) is 88.2 Å². The van der Waals surface area contributed by atoms with Crippen molar-refractivity contribution in [2.45, 2.75) is 64.5 Å². The third-order valence-corrected chi connectivity index (χ3v) is 8.72. The third kappa shape index (κ3) is 6.78. The van der Waals surface area contributed by atoms with Gasteiger partial charge in [-0.15, -0.1) is 6.58 Å². The number of amides is 1. The summed E-state index contributed by atoms with van der Waals surface area (Å²) in [6.07, 6.45) is 8.83. The molecular formula is C29H41N5O3S2. The molecule has 1 N–H and O–H groups in total. The zero-order chi connectivity index (χ0) is 28.0. The molecule has 1 aromatic rings. The minimum atomic E-state index is -0.697. The van der Waals surface area contributed by atoms with Crippen LogP contribution in [0.15, 0.2) is 30.9 Å². The van der Waals surface area contributed by atoms with Crippen LogP contribution in [0.1, 0.15) is 68.3 Å². The average molecular weight is 572 g/mol. The van der Waals surface area contributed by atoms with Crippen molar-refractivity contribution in [2.24, 2.45) is 0 Å². The highest BCUT2D eigenvalue weighted by atomic mass is 32.1. The lowest BCUT2D eigenvalue weighted by atomic mass is 10.0. The van der Waals surface area contributed by atoms with E-state index >= 15 is 0 Å². The van der Waals surface area contributed by atoms with E-state index in [0.29, 0.717) is 22.9 Å². The van der Waals surface area contributed by atoms with E-state index in [1.165, 1.54) is 25.7 Å². The average Bonchev–Trinajstić information content (AvgIpc) is 3.37. The Morgan fingerprint density at radius 2 is 1.72 bits per heavy atom. The van der Waals surface area contributed by atoms with E-state index < -0.39 is 5.54 Å². The van der Waals surface area contributed by atoms with E-state index in [1.54, 1.807) is 17.0 Å². The molecule has 0 atom stereocenters. The topological polar surface area (TPSA) is 68.4 Å². The number of rotatable bonds is 12. The fourth-order valence-electron chi connectivity index (χ4n) is 5.46. The quantitative estimate of drug-likeness (QED) is 0.173. The minimum absolute atomic E-state index is 0.0339. The van der Waals surface area contributed by atoms with Crippen molar-refractivity contribution in [3.63, 3.8) is 0 Å². The Labute approximate surface area is 243 Å². The van der Waals surface area contributed by atoms with Gasteiger partial charge in [0.25, 0.3) is 5.91 Å². The minimum Gasteiger partial charge on any atom is -0.457 e. The van der Waals surface area contributed by atoms with Crippen LogP contribution in [0, 0.1) is 0 Å². The number of piperazine rings is 1. The van der Waals surface area contributed by atoms with Gasteiger partial charge in [-0.25, -0.2) is 4.79 Å². The number of nitrogens with zero attached hydrogens (tertiary/aromatic N) is 4. The van der Waals surface area contributed by atoms with Gasteiger partial charge < -0.3 is 19.9 Å². The molecule has 3 aliphatic heterocycles. The summed E-state index contributed by atoms with van der Waals surface area (Å²) < 4.78 is 5.11. The summed E-state index contributed by atoms with van der Waals surface area (Å²) in [4.78, 5) is 33.6. The number of hydrogen-bond acceptors (Lipinski definition) is 6. The number of carbonyl (C=O) groups is 2. The van der Waals surface area contributed by atoms with E-state index in [-0.39, 0.29) is 18.5 Å². The standard InChI is InChI=1S/C29H41N5O3S2/c1-4-13-30-27(38)32-18-16-31(17-19-32)14-9-7-5-6-8-10-15-33-28(39)34(26(36)29(33,2)3)23-11-12-24-22(20-23)21-37-25(24)35/h4,11-12,20H,1,5-10,13-19,21H2,2-3H3,(H,30,38). The van der Waals surface area contributed by atoms with Gasteiger partial charge in [-0.2, -0.15) is 0 Å². The zero-order valence-electron chi connectivity index (χ0n) is 23.2. The maximum absolute atomic E-state index is 13.3. The van der Waals surface area contributed by atoms with Gasteiger partial charge in [-0.1, -0.05) is 31.8 Å². The molecule has 0 spiro atoms. The summed E-state index contributed by atoms with van der Waals surface area (Å²) >= 11 is 11.2. The molecule has 0 aliphatic carbocycles. The fourth-order valence-corrected chi connectivity index (χ4v) is 6.23. The van der Waals surface area contributed by atoms with Crippen LogP contribution in [0.2, 0.25) is 0 Å². The monoisotopic (exact) mass is 571 g/mol. The van der Waals surface area contributed by atoms with Crippen molar-refractivity contribution >= 4 is 52.2 Å². The van der Waals surface area contributed by atoms with E-state index in [0.717, 1.165) is 62.8 Å². The molecule has 3 heterocycles. The van der Waals surface area contributed by atoms with Gasteiger partial charge in [0.1, 0.15) is 12.1 Å². The van der Waals surface area contributed by atoms with Gasteiger partial charge in [0.05, 0.1) is 11.3 Å². The molecule has 3 aliphatic rings. The Kier molecular flexibility index (Phi) is 9.96. The molecule has 39 heavy (non-hydrogen) atoms. The van der Waals surface area contributed by atoms with Crippen LogP contribution >= 0.6 is 24.4 Å². The van der Waals surface area contributed by atoms with Crippen LogP contribution in [0.5, 0.6) is 0 Å². The molecule has 212 valence electrons. The highest BCUT2D eigenvalue weighted by Gasteiger charge is 2.49. The Balaban J connectivity index is 1.13. The first kappa shape index (κ1) is 29.4. The molecule has 0 bridgehead atoms. The molecular weight excluding hydrogens is 530 g/mol. The van der Waals surface area contributed by atoms with E-state index in [9.17, 15) is 9.59 Å². The number of benzene rings is 1. The predicted molar refractivity (Wildman–Crippen MR) is 163 cm³/mol. The number of carbonyl (C=O) groups excluding carboxylic acids is 2. The number of unbranched alkanes of at least 4 members (excludes halogenated alkanes) is 5. The van der Waals surface area contributed by atoms with Crippen molar-refractivity contribution < 1.29 is 14.3 Å². The summed E-state index contributed by atoms with van der Waals surface area (Å²) in [6, 6.07) is 5.36. The second-order valence-electron chi connectivity index (χ2n) is 11.0. The zero-order valence-corrected chi connectivity index (χ0v) is 24.9. The molecule has 2 fully saturated rings. The second kappa shape index (κ2) is 13.2. The number of anilines is 1. The molecule has 1 aromatic carbocycles. The van der Waals surface area contributed by atoms with E-state index in [2.05, 4.69) is 26.6 Å². The highest BCUT2D eigenvalue weighted by Crippen LogP contribution is 2.34. The van der Waals surface area contributed by atoms with Gasteiger partial charge in [0.15, 0.2) is 10.2 Å². The number of hydrogen-bond donors (Lipinski definition) is 1.